The Balaban J connectivity index is 1.78. The first-order valence-electron chi connectivity index (χ1n) is 8.98. The summed E-state index contributed by atoms with van der Waals surface area (Å²) >= 11 is 1.54. The van der Waals surface area contributed by atoms with Crippen LogP contribution in [0, 0.1) is 6.92 Å². The molecule has 0 unspecified atom stereocenters. The predicted molar refractivity (Wildman–Crippen MR) is 113 cm³/mol. The van der Waals surface area contributed by atoms with Crippen LogP contribution in [-0.2, 0) is 5.75 Å². The number of aromatic nitrogens is 4. The number of pyridine rings is 1. The highest BCUT2D eigenvalue weighted by Crippen LogP contribution is 2.35. The summed E-state index contributed by atoms with van der Waals surface area (Å²) in [7, 11) is 3.19. The number of methoxy groups -OCH3 is 2. The number of nitrogens with zero attached hydrogens (tertiary/aromatic N) is 3. The highest BCUT2D eigenvalue weighted by Gasteiger charge is 2.17. The molecule has 148 valence electrons. The quantitative estimate of drug-likeness (QED) is 0.490. The van der Waals surface area contributed by atoms with E-state index in [0.29, 0.717) is 28.6 Å². The normalized spacial score (nSPS) is 11.0. The highest BCUT2D eigenvalue weighted by atomic mass is 32.2. The zero-order chi connectivity index (χ0) is 20.4. The molecule has 0 fully saturated rings. The van der Waals surface area contributed by atoms with Gasteiger partial charge in [0.05, 0.1) is 24.9 Å². The van der Waals surface area contributed by atoms with E-state index < -0.39 is 0 Å². The van der Waals surface area contributed by atoms with Crippen molar-refractivity contribution in [2.24, 2.45) is 0 Å². The van der Waals surface area contributed by atoms with Gasteiger partial charge in [-0.1, -0.05) is 12.1 Å². The Morgan fingerprint density at radius 1 is 1.10 bits per heavy atom. The van der Waals surface area contributed by atoms with E-state index in [4.69, 9.17) is 14.5 Å². The van der Waals surface area contributed by atoms with Crippen LogP contribution >= 0.6 is 11.8 Å². The minimum atomic E-state index is -0.151. The van der Waals surface area contributed by atoms with Crippen molar-refractivity contribution in [1.29, 1.82) is 0 Å². The summed E-state index contributed by atoms with van der Waals surface area (Å²) in [4.78, 5) is 21.7. The third-order valence-corrected chi connectivity index (χ3v) is 5.51. The van der Waals surface area contributed by atoms with Crippen molar-refractivity contribution in [2.75, 3.05) is 14.2 Å². The molecule has 0 amide bonds. The summed E-state index contributed by atoms with van der Waals surface area (Å²) in [5.41, 5.74) is 3.72. The zero-order valence-electron chi connectivity index (χ0n) is 16.3. The molecule has 4 aromatic rings. The van der Waals surface area contributed by atoms with E-state index in [-0.39, 0.29) is 5.56 Å². The molecule has 0 saturated heterocycles. The average molecular weight is 408 g/mol. The van der Waals surface area contributed by atoms with Crippen molar-refractivity contribution >= 4 is 17.4 Å². The maximum Gasteiger partial charge on any atom is 0.272 e. The van der Waals surface area contributed by atoms with E-state index in [1.807, 2.05) is 43.3 Å². The second-order valence-electron chi connectivity index (χ2n) is 6.38. The molecule has 4 rings (SSSR count). The van der Waals surface area contributed by atoms with Crippen LogP contribution in [-0.4, -0.2) is 33.8 Å². The van der Waals surface area contributed by atoms with Gasteiger partial charge in [0, 0.05) is 29.3 Å². The molecule has 3 heterocycles. The lowest BCUT2D eigenvalue weighted by molar-refractivity contribution is 0.355. The third-order valence-electron chi connectivity index (χ3n) is 4.53. The van der Waals surface area contributed by atoms with Gasteiger partial charge < -0.3 is 9.47 Å². The smallest absolute Gasteiger partial charge is 0.272 e. The van der Waals surface area contributed by atoms with Gasteiger partial charge in [-0.3, -0.25) is 9.89 Å². The summed E-state index contributed by atoms with van der Waals surface area (Å²) in [6.45, 7) is 1.92. The molecule has 0 aliphatic carbocycles. The summed E-state index contributed by atoms with van der Waals surface area (Å²) < 4.78 is 12.2. The molecule has 0 spiro atoms. The van der Waals surface area contributed by atoms with Gasteiger partial charge in [-0.15, -0.1) is 11.8 Å². The molecule has 29 heavy (non-hydrogen) atoms. The number of nitrogens with one attached hydrogen (secondary N) is 1. The largest absolute Gasteiger partial charge is 0.493 e. The molecule has 1 N–H and O–H groups in total. The van der Waals surface area contributed by atoms with Crippen molar-refractivity contribution in [3.63, 3.8) is 0 Å². The Labute approximate surface area is 171 Å². The van der Waals surface area contributed by atoms with Crippen molar-refractivity contribution in [3.05, 3.63) is 70.4 Å². The van der Waals surface area contributed by atoms with Gasteiger partial charge in [0.2, 0.25) is 0 Å². The number of H-pyrrole nitrogens is 1. The number of aryl methyl sites for hydroxylation is 1. The van der Waals surface area contributed by atoms with Gasteiger partial charge in [0.1, 0.15) is 0 Å². The van der Waals surface area contributed by atoms with E-state index >= 15 is 0 Å². The van der Waals surface area contributed by atoms with Crippen LogP contribution in [0.25, 0.3) is 16.8 Å². The minimum absolute atomic E-state index is 0.151. The number of hydrogen-bond acceptors (Lipinski definition) is 6. The average Bonchev–Trinajstić information content (AvgIpc) is 3.09. The maximum absolute atomic E-state index is 12.7. The fraction of sp³-hybridized carbons (Fsp3) is 0.190. The molecule has 0 aliphatic rings. The molecule has 0 radical (unpaired) electrons. The molecule has 0 atom stereocenters. The number of aromatic amines is 1. The van der Waals surface area contributed by atoms with E-state index in [9.17, 15) is 4.79 Å². The number of fused-ring (bicyclic) bond motifs is 1. The molecule has 8 heteroatoms. The zero-order valence-corrected chi connectivity index (χ0v) is 17.1. The summed E-state index contributed by atoms with van der Waals surface area (Å²) in [6.07, 6.45) is 1.75. The van der Waals surface area contributed by atoms with E-state index in [2.05, 4.69) is 10.1 Å². The first-order chi connectivity index (χ1) is 14.1. The Kier molecular flexibility index (Phi) is 5.26. The molecule has 0 aliphatic heterocycles. The van der Waals surface area contributed by atoms with Crippen molar-refractivity contribution < 1.29 is 9.47 Å². The first-order valence-corrected chi connectivity index (χ1v) is 9.96. The number of thioether (sulfide) groups is 1. The summed E-state index contributed by atoms with van der Waals surface area (Å²) in [6, 6.07) is 13.0. The van der Waals surface area contributed by atoms with Gasteiger partial charge in [-0.05, 0) is 36.8 Å². The molecule has 0 bridgehead atoms. The van der Waals surface area contributed by atoms with Crippen LogP contribution in [0.5, 0.6) is 11.5 Å². The predicted octanol–water partition coefficient (Wildman–Crippen LogP) is 3.70. The van der Waals surface area contributed by atoms with Crippen molar-refractivity contribution in [1.82, 2.24) is 19.6 Å². The lowest BCUT2D eigenvalue weighted by Crippen LogP contribution is -2.15. The van der Waals surface area contributed by atoms with Crippen LogP contribution in [0.1, 0.15) is 11.4 Å². The third kappa shape index (κ3) is 3.71. The van der Waals surface area contributed by atoms with Crippen LogP contribution in [0.2, 0.25) is 0 Å². The first kappa shape index (κ1) is 19.1. The molecular weight excluding hydrogens is 388 g/mol. The standard InChI is InChI=1S/C21H20N4O3S/c1-13-20(14-7-8-16(27-2)17(10-14)28-3)21-23-15(11-19(26)25(21)24-13)12-29-18-6-4-5-9-22-18/h4-11,24H,12H2,1-3H3. The molecule has 0 saturated carbocycles. The fourth-order valence-corrected chi connectivity index (χ4v) is 3.94. The number of benzene rings is 1. The van der Waals surface area contributed by atoms with E-state index in [0.717, 1.165) is 21.8 Å². The summed E-state index contributed by atoms with van der Waals surface area (Å²) in [5.74, 6) is 1.82. The van der Waals surface area contributed by atoms with Gasteiger partial charge in [-0.2, -0.15) is 0 Å². The lowest BCUT2D eigenvalue weighted by Gasteiger charge is -2.09. The number of rotatable bonds is 6. The van der Waals surface area contributed by atoms with Gasteiger partial charge >= 0.3 is 0 Å². The molecule has 7 nitrogen and oxygen atoms in total. The van der Waals surface area contributed by atoms with E-state index in [1.165, 1.54) is 4.52 Å². The molecular formula is C21H20N4O3S. The molecule has 1 aromatic carbocycles. The van der Waals surface area contributed by atoms with E-state index in [1.54, 1.807) is 38.2 Å². The van der Waals surface area contributed by atoms with Gasteiger partial charge in [0.25, 0.3) is 5.56 Å². The summed E-state index contributed by atoms with van der Waals surface area (Å²) in [5, 5.41) is 4.00. The second kappa shape index (κ2) is 8.00. The van der Waals surface area contributed by atoms with Crippen molar-refractivity contribution in [3.8, 4) is 22.6 Å². The Hall–Kier alpha value is -3.26. The van der Waals surface area contributed by atoms with Crippen LogP contribution in [0.3, 0.4) is 0 Å². The SMILES string of the molecule is COc1ccc(-c2c(C)[nH]n3c(=O)cc(CSc4ccccn4)nc23)cc1OC. The van der Waals surface area contributed by atoms with Gasteiger partial charge in [0.15, 0.2) is 17.1 Å². The second-order valence-corrected chi connectivity index (χ2v) is 7.38. The Morgan fingerprint density at radius 2 is 1.93 bits per heavy atom. The number of ether oxygens (including phenoxy) is 2. The topological polar surface area (TPSA) is 81.5 Å². The van der Waals surface area contributed by atoms with Crippen LogP contribution in [0.15, 0.2) is 58.5 Å². The minimum Gasteiger partial charge on any atom is -0.493 e. The van der Waals surface area contributed by atoms with Gasteiger partial charge in [-0.25, -0.2) is 14.5 Å². The Bertz CT molecular complexity index is 1220. The lowest BCUT2D eigenvalue weighted by atomic mass is 10.1. The fourth-order valence-electron chi connectivity index (χ4n) is 3.19. The van der Waals surface area contributed by atoms with Crippen LogP contribution in [0.4, 0.5) is 0 Å². The highest BCUT2D eigenvalue weighted by molar-refractivity contribution is 7.98. The van der Waals surface area contributed by atoms with Crippen molar-refractivity contribution in [2.45, 2.75) is 17.7 Å². The van der Waals surface area contributed by atoms with Crippen LogP contribution < -0.4 is 15.0 Å². The number of hydrogen-bond donors (Lipinski definition) is 1. The monoisotopic (exact) mass is 408 g/mol. The Morgan fingerprint density at radius 3 is 2.66 bits per heavy atom. The molecule has 3 aromatic heterocycles. The maximum atomic E-state index is 12.7.